The predicted molar refractivity (Wildman–Crippen MR) is 82.1 cm³/mol. The van der Waals surface area contributed by atoms with Gasteiger partial charge in [0.1, 0.15) is 12.0 Å². The third-order valence-corrected chi connectivity index (χ3v) is 4.50. The van der Waals surface area contributed by atoms with E-state index in [1.54, 1.807) is 18.9 Å². The van der Waals surface area contributed by atoms with Crippen LogP contribution in [0.25, 0.3) is 0 Å². The van der Waals surface area contributed by atoms with Crippen LogP contribution in [-0.2, 0) is 5.75 Å². The number of methoxy groups -OCH3 is 1. The smallest absolute Gasteiger partial charge is 0.150 e. The standard InChI is InChI=1S/C15H13BrO2S/c1-18-13-4-7-15(16)12(8-13)10-19-14-5-2-11(9-17)3-6-14/h2-9H,10H2,1H3. The van der Waals surface area contributed by atoms with E-state index in [0.717, 1.165) is 27.2 Å². The summed E-state index contributed by atoms with van der Waals surface area (Å²) in [5, 5.41) is 0. The molecule has 4 heteroatoms. The number of aldehydes is 1. The Morgan fingerprint density at radius 3 is 2.58 bits per heavy atom. The van der Waals surface area contributed by atoms with Crippen LogP contribution in [0.2, 0.25) is 0 Å². The van der Waals surface area contributed by atoms with Crippen LogP contribution in [0.15, 0.2) is 51.8 Å². The quantitative estimate of drug-likeness (QED) is 0.591. The molecule has 0 bridgehead atoms. The Balaban J connectivity index is 2.06. The van der Waals surface area contributed by atoms with Gasteiger partial charge in [-0.3, -0.25) is 4.79 Å². The molecule has 0 spiro atoms. The molecule has 0 aliphatic carbocycles. The molecule has 2 aromatic carbocycles. The highest BCUT2D eigenvalue weighted by Gasteiger charge is 2.03. The molecule has 98 valence electrons. The van der Waals surface area contributed by atoms with Crippen LogP contribution in [0.4, 0.5) is 0 Å². The molecular weight excluding hydrogens is 324 g/mol. The number of thioether (sulfide) groups is 1. The summed E-state index contributed by atoms with van der Waals surface area (Å²) in [6, 6.07) is 13.5. The van der Waals surface area contributed by atoms with Crippen LogP contribution in [0.3, 0.4) is 0 Å². The van der Waals surface area contributed by atoms with E-state index in [0.29, 0.717) is 5.56 Å². The van der Waals surface area contributed by atoms with Crippen LogP contribution in [0, 0.1) is 0 Å². The highest BCUT2D eigenvalue weighted by molar-refractivity contribution is 9.10. The molecule has 0 unspecified atom stereocenters. The fourth-order valence-corrected chi connectivity index (χ4v) is 3.05. The van der Waals surface area contributed by atoms with Crippen LogP contribution in [0.5, 0.6) is 5.75 Å². The summed E-state index contributed by atoms with van der Waals surface area (Å²) in [5.41, 5.74) is 1.88. The van der Waals surface area contributed by atoms with Crippen LogP contribution in [-0.4, -0.2) is 13.4 Å². The molecule has 0 aliphatic heterocycles. The minimum atomic E-state index is 0.701. The van der Waals surface area contributed by atoms with Gasteiger partial charge in [-0.05, 0) is 35.9 Å². The van der Waals surface area contributed by atoms with Gasteiger partial charge in [-0.2, -0.15) is 0 Å². The first-order chi connectivity index (χ1) is 9.22. The van der Waals surface area contributed by atoms with Crippen molar-refractivity contribution in [2.75, 3.05) is 7.11 Å². The van der Waals surface area contributed by atoms with Crippen molar-refractivity contribution in [1.29, 1.82) is 0 Å². The first-order valence-corrected chi connectivity index (χ1v) is 7.51. The fourth-order valence-electron chi connectivity index (χ4n) is 1.59. The maximum Gasteiger partial charge on any atom is 0.150 e. The zero-order chi connectivity index (χ0) is 13.7. The summed E-state index contributed by atoms with van der Waals surface area (Å²) in [6.07, 6.45) is 0.854. The molecule has 0 radical (unpaired) electrons. The Bertz CT molecular complexity index is 567. The SMILES string of the molecule is COc1ccc(Br)c(CSc2ccc(C=O)cc2)c1. The molecule has 0 saturated carbocycles. The van der Waals surface area contributed by atoms with E-state index >= 15 is 0 Å². The average molecular weight is 337 g/mol. The van der Waals surface area contributed by atoms with Crippen molar-refractivity contribution in [2.24, 2.45) is 0 Å². The van der Waals surface area contributed by atoms with Crippen molar-refractivity contribution in [2.45, 2.75) is 10.6 Å². The molecule has 0 amide bonds. The number of carbonyl (C=O) groups is 1. The van der Waals surface area contributed by atoms with E-state index in [1.807, 2.05) is 42.5 Å². The highest BCUT2D eigenvalue weighted by Crippen LogP contribution is 2.29. The lowest BCUT2D eigenvalue weighted by molar-refractivity contribution is 0.112. The van der Waals surface area contributed by atoms with E-state index in [9.17, 15) is 4.79 Å². The van der Waals surface area contributed by atoms with Gasteiger partial charge < -0.3 is 4.74 Å². The zero-order valence-electron chi connectivity index (χ0n) is 10.4. The number of carbonyl (C=O) groups excluding carboxylic acids is 1. The Morgan fingerprint density at radius 1 is 1.21 bits per heavy atom. The van der Waals surface area contributed by atoms with E-state index in [4.69, 9.17) is 4.74 Å². The lowest BCUT2D eigenvalue weighted by Gasteiger charge is -2.07. The van der Waals surface area contributed by atoms with Gasteiger partial charge in [0.15, 0.2) is 0 Å². The normalized spacial score (nSPS) is 10.2. The van der Waals surface area contributed by atoms with Gasteiger partial charge in [-0.15, -0.1) is 11.8 Å². The number of hydrogen-bond donors (Lipinski definition) is 0. The van der Waals surface area contributed by atoms with Crippen LogP contribution < -0.4 is 4.74 Å². The third kappa shape index (κ3) is 3.85. The monoisotopic (exact) mass is 336 g/mol. The van der Waals surface area contributed by atoms with Gasteiger partial charge in [0.2, 0.25) is 0 Å². The molecule has 2 rings (SSSR count). The van der Waals surface area contributed by atoms with Crippen LogP contribution in [0.1, 0.15) is 15.9 Å². The average Bonchev–Trinajstić information content (AvgIpc) is 2.47. The van der Waals surface area contributed by atoms with E-state index < -0.39 is 0 Å². The lowest BCUT2D eigenvalue weighted by Crippen LogP contribution is -1.88. The number of hydrogen-bond acceptors (Lipinski definition) is 3. The minimum Gasteiger partial charge on any atom is -0.497 e. The maximum absolute atomic E-state index is 10.6. The van der Waals surface area contributed by atoms with Gasteiger partial charge in [0.25, 0.3) is 0 Å². The minimum absolute atomic E-state index is 0.701. The molecule has 2 aromatic rings. The molecule has 0 saturated heterocycles. The largest absolute Gasteiger partial charge is 0.497 e. The fraction of sp³-hybridized carbons (Fsp3) is 0.133. The zero-order valence-corrected chi connectivity index (χ0v) is 12.8. The second-order valence-electron chi connectivity index (χ2n) is 3.93. The predicted octanol–water partition coefficient (Wildman–Crippen LogP) is 4.56. The molecule has 0 N–H and O–H groups in total. The van der Waals surface area contributed by atoms with Crippen molar-refractivity contribution in [3.8, 4) is 5.75 Å². The van der Waals surface area contributed by atoms with Crippen molar-refractivity contribution in [1.82, 2.24) is 0 Å². The highest BCUT2D eigenvalue weighted by atomic mass is 79.9. The van der Waals surface area contributed by atoms with Gasteiger partial charge >= 0.3 is 0 Å². The van der Waals surface area contributed by atoms with Gasteiger partial charge in [-0.25, -0.2) is 0 Å². The first-order valence-electron chi connectivity index (χ1n) is 5.73. The Kier molecular flexibility index (Phi) is 5.05. The summed E-state index contributed by atoms with van der Waals surface area (Å²) >= 11 is 5.27. The van der Waals surface area contributed by atoms with Gasteiger partial charge in [0, 0.05) is 20.7 Å². The number of ether oxygens (including phenoxy) is 1. The number of halogens is 1. The van der Waals surface area contributed by atoms with Gasteiger partial charge in [0.05, 0.1) is 7.11 Å². The van der Waals surface area contributed by atoms with Crippen molar-refractivity contribution >= 4 is 34.0 Å². The second-order valence-corrected chi connectivity index (χ2v) is 5.84. The molecule has 0 fully saturated rings. The molecule has 0 atom stereocenters. The van der Waals surface area contributed by atoms with E-state index in [2.05, 4.69) is 15.9 Å². The third-order valence-electron chi connectivity index (χ3n) is 2.66. The Labute approximate surface area is 125 Å². The van der Waals surface area contributed by atoms with E-state index in [-0.39, 0.29) is 0 Å². The summed E-state index contributed by atoms with van der Waals surface area (Å²) in [4.78, 5) is 11.7. The molecular formula is C15H13BrO2S. The Morgan fingerprint density at radius 2 is 1.95 bits per heavy atom. The molecule has 2 nitrogen and oxygen atoms in total. The molecule has 0 heterocycles. The summed E-state index contributed by atoms with van der Waals surface area (Å²) < 4.78 is 6.30. The first kappa shape index (κ1) is 14.2. The molecule has 0 aromatic heterocycles. The van der Waals surface area contributed by atoms with Crippen LogP contribution >= 0.6 is 27.7 Å². The van der Waals surface area contributed by atoms with Gasteiger partial charge in [-0.1, -0.05) is 28.1 Å². The molecule has 0 aliphatic rings. The van der Waals surface area contributed by atoms with E-state index in [1.165, 1.54) is 5.56 Å². The summed E-state index contributed by atoms with van der Waals surface area (Å²) in [7, 11) is 1.66. The maximum atomic E-state index is 10.6. The van der Waals surface area contributed by atoms with Crippen molar-refractivity contribution in [3.05, 3.63) is 58.1 Å². The second kappa shape index (κ2) is 6.78. The van der Waals surface area contributed by atoms with Crippen molar-refractivity contribution < 1.29 is 9.53 Å². The summed E-state index contributed by atoms with van der Waals surface area (Å²) in [5.74, 6) is 1.70. The van der Waals surface area contributed by atoms with Crippen molar-refractivity contribution in [3.63, 3.8) is 0 Å². The molecule has 19 heavy (non-hydrogen) atoms. The topological polar surface area (TPSA) is 26.3 Å². The number of rotatable bonds is 5. The summed E-state index contributed by atoms with van der Waals surface area (Å²) in [6.45, 7) is 0. The lowest BCUT2D eigenvalue weighted by atomic mass is 10.2. The Hall–Kier alpha value is -1.26. The number of benzene rings is 2.